The van der Waals surface area contributed by atoms with Crippen LogP contribution in [0.4, 0.5) is 5.69 Å². The van der Waals surface area contributed by atoms with E-state index in [-0.39, 0.29) is 17.4 Å². The van der Waals surface area contributed by atoms with E-state index in [0.717, 1.165) is 30.2 Å². The van der Waals surface area contributed by atoms with Crippen molar-refractivity contribution in [3.05, 3.63) is 28.6 Å². The van der Waals surface area contributed by atoms with Crippen LogP contribution >= 0.6 is 0 Å². The lowest BCUT2D eigenvalue weighted by molar-refractivity contribution is -0.125. The summed E-state index contributed by atoms with van der Waals surface area (Å²) in [5.74, 6) is 1.42. The highest BCUT2D eigenvalue weighted by Crippen LogP contribution is 2.37. The van der Waals surface area contributed by atoms with Gasteiger partial charge in [0.1, 0.15) is 5.69 Å². The van der Waals surface area contributed by atoms with Crippen molar-refractivity contribution in [3.8, 4) is 11.5 Å². The minimum absolute atomic E-state index is 0.0477. The van der Waals surface area contributed by atoms with E-state index in [1.807, 2.05) is 39.0 Å². The maximum atomic E-state index is 13.7. The Balaban J connectivity index is 2.30. The Morgan fingerprint density at radius 1 is 1.23 bits per heavy atom. The average Bonchev–Trinajstić information content (AvgIpc) is 2.79. The third-order valence-electron chi connectivity index (χ3n) is 5.37. The number of anilines is 1. The van der Waals surface area contributed by atoms with Crippen LogP contribution in [0.1, 0.15) is 53.9 Å². The number of carbonyl (C=O) groups is 1. The van der Waals surface area contributed by atoms with Gasteiger partial charge in [0.25, 0.3) is 5.56 Å². The number of hydrogen-bond donors (Lipinski definition) is 0. The molecule has 1 aromatic carbocycles. The number of ether oxygens (including phenoxy) is 2. The van der Waals surface area contributed by atoms with E-state index in [1.165, 1.54) is 0 Å². The highest BCUT2D eigenvalue weighted by atomic mass is 16.5. The molecular formula is C24H34N2O4. The van der Waals surface area contributed by atoms with E-state index >= 15 is 0 Å². The molecule has 0 unspecified atom stereocenters. The fourth-order valence-electron chi connectivity index (χ4n) is 3.90. The van der Waals surface area contributed by atoms with Crippen LogP contribution in [0.25, 0.3) is 10.9 Å². The number of nitrogens with zero attached hydrogens (tertiary/aromatic N) is 2. The van der Waals surface area contributed by atoms with Gasteiger partial charge in [0.15, 0.2) is 11.5 Å². The van der Waals surface area contributed by atoms with Gasteiger partial charge in [-0.25, -0.2) is 0 Å². The van der Waals surface area contributed by atoms with Gasteiger partial charge < -0.3 is 18.9 Å². The maximum Gasteiger partial charge on any atom is 0.275 e. The van der Waals surface area contributed by atoms with Crippen LogP contribution in [0.3, 0.4) is 0 Å². The maximum absolute atomic E-state index is 13.7. The molecule has 1 aliphatic heterocycles. The summed E-state index contributed by atoms with van der Waals surface area (Å²) in [6.45, 7) is 11.5. The number of pyridine rings is 1. The average molecular weight is 415 g/mol. The molecule has 1 amide bonds. The van der Waals surface area contributed by atoms with E-state index in [1.54, 1.807) is 16.6 Å². The molecule has 0 N–H and O–H groups in total. The number of benzene rings is 1. The van der Waals surface area contributed by atoms with Gasteiger partial charge in [0.05, 0.1) is 19.2 Å². The summed E-state index contributed by atoms with van der Waals surface area (Å²) >= 11 is 0. The standard InChI is InChI=1S/C24H34N2O4/c1-16(2)15-26(23(28)24(3,4)5)18-14-17-10-11-19(29-6)21-20(17)25(22(18)27)12-8-7-9-13-30-21/h10-11,14,16H,7-9,12-13,15H2,1-6H3. The summed E-state index contributed by atoms with van der Waals surface area (Å²) in [5.41, 5.74) is 0.447. The molecule has 2 aromatic rings. The third kappa shape index (κ3) is 4.32. The van der Waals surface area contributed by atoms with Crippen LogP contribution in [0, 0.1) is 11.3 Å². The number of methoxy groups -OCH3 is 1. The van der Waals surface area contributed by atoms with Crippen molar-refractivity contribution in [2.45, 2.75) is 60.4 Å². The van der Waals surface area contributed by atoms with Crippen LogP contribution < -0.4 is 19.9 Å². The zero-order chi connectivity index (χ0) is 22.1. The van der Waals surface area contributed by atoms with Crippen LogP contribution in [-0.4, -0.2) is 30.7 Å². The highest BCUT2D eigenvalue weighted by molar-refractivity contribution is 5.99. The van der Waals surface area contributed by atoms with Crippen molar-refractivity contribution in [2.24, 2.45) is 11.3 Å². The minimum Gasteiger partial charge on any atom is -0.493 e. The summed E-state index contributed by atoms with van der Waals surface area (Å²) in [5, 5.41) is 0.873. The molecule has 3 rings (SSSR count). The zero-order valence-electron chi connectivity index (χ0n) is 19.1. The quantitative estimate of drug-likeness (QED) is 0.733. The van der Waals surface area contributed by atoms with E-state index in [9.17, 15) is 9.59 Å². The topological polar surface area (TPSA) is 60.8 Å². The predicted molar refractivity (Wildman–Crippen MR) is 121 cm³/mol. The second-order valence-electron chi connectivity index (χ2n) is 9.49. The number of hydrogen-bond acceptors (Lipinski definition) is 4. The van der Waals surface area contributed by atoms with Crippen molar-refractivity contribution >= 4 is 22.5 Å². The van der Waals surface area contributed by atoms with E-state index in [2.05, 4.69) is 13.8 Å². The normalized spacial score (nSPS) is 14.6. The van der Waals surface area contributed by atoms with Crippen LogP contribution in [0.15, 0.2) is 23.0 Å². The Morgan fingerprint density at radius 2 is 1.97 bits per heavy atom. The number of aryl methyl sites for hydroxylation is 1. The SMILES string of the molecule is COc1ccc2cc(N(CC(C)C)C(=O)C(C)(C)C)c(=O)n3c2c1OCCCCC3. The second kappa shape index (κ2) is 8.70. The molecular weight excluding hydrogens is 380 g/mol. The summed E-state index contributed by atoms with van der Waals surface area (Å²) in [7, 11) is 1.61. The van der Waals surface area contributed by atoms with Crippen molar-refractivity contribution < 1.29 is 14.3 Å². The molecule has 0 radical (unpaired) electrons. The first-order valence-corrected chi connectivity index (χ1v) is 10.8. The molecule has 0 spiro atoms. The molecule has 164 valence electrons. The summed E-state index contributed by atoms with van der Waals surface area (Å²) in [6.07, 6.45) is 2.79. The Hall–Kier alpha value is -2.50. The Kier molecular flexibility index (Phi) is 6.44. The predicted octanol–water partition coefficient (Wildman–Crippen LogP) is 4.61. The van der Waals surface area contributed by atoms with E-state index in [4.69, 9.17) is 9.47 Å². The van der Waals surface area contributed by atoms with Gasteiger partial charge in [0, 0.05) is 23.9 Å². The van der Waals surface area contributed by atoms with Crippen LogP contribution in [0.2, 0.25) is 0 Å². The van der Waals surface area contributed by atoms with Crippen molar-refractivity contribution in [1.82, 2.24) is 4.57 Å². The minimum atomic E-state index is -0.585. The van der Waals surface area contributed by atoms with Gasteiger partial charge in [-0.1, -0.05) is 34.6 Å². The molecule has 1 aromatic heterocycles. The second-order valence-corrected chi connectivity index (χ2v) is 9.49. The molecule has 0 saturated carbocycles. The first kappa shape index (κ1) is 22.2. The van der Waals surface area contributed by atoms with Gasteiger partial charge in [0.2, 0.25) is 5.91 Å². The Bertz CT molecular complexity index is 985. The van der Waals surface area contributed by atoms with Gasteiger partial charge in [-0.05, 0) is 43.4 Å². The Labute approximate surface area is 178 Å². The number of carbonyl (C=O) groups excluding carboxylic acids is 1. The molecule has 1 aliphatic rings. The lowest BCUT2D eigenvalue weighted by atomic mass is 9.94. The van der Waals surface area contributed by atoms with E-state index < -0.39 is 5.41 Å². The monoisotopic (exact) mass is 414 g/mol. The van der Waals surface area contributed by atoms with Gasteiger partial charge >= 0.3 is 0 Å². The number of amides is 1. The van der Waals surface area contributed by atoms with Gasteiger partial charge in [-0.2, -0.15) is 0 Å². The van der Waals surface area contributed by atoms with Crippen LogP contribution in [0.5, 0.6) is 11.5 Å². The summed E-state index contributed by atoms with van der Waals surface area (Å²) in [6, 6.07) is 5.64. The fraction of sp³-hybridized carbons (Fsp3) is 0.583. The lowest BCUT2D eigenvalue weighted by Gasteiger charge is -2.31. The largest absolute Gasteiger partial charge is 0.493 e. The van der Waals surface area contributed by atoms with Crippen LogP contribution in [-0.2, 0) is 11.3 Å². The zero-order valence-corrected chi connectivity index (χ0v) is 19.1. The molecule has 0 aliphatic carbocycles. The first-order chi connectivity index (χ1) is 14.1. The fourth-order valence-corrected chi connectivity index (χ4v) is 3.90. The molecule has 6 nitrogen and oxygen atoms in total. The lowest BCUT2D eigenvalue weighted by Crippen LogP contribution is -2.44. The number of rotatable bonds is 4. The molecule has 30 heavy (non-hydrogen) atoms. The molecule has 0 bridgehead atoms. The molecule has 0 fully saturated rings. The van der Waals surface area contributed by atoms with Gasteiger partial charge in [-0.3, -0.25) is 9.59 Å². The molecule has 0 saturated heterocycles. The highest BCUT2D eigenvalue weighted by Gasteiger charge is 2.31. The van der Waals surface area contributed by atoms with Crippen molar-refractivity contribution in [1.29, 1.82) is 0 Å². The Morgan fingerprint density at radius 3 is 2.60 bits per heavy atom. The smallest absolute Gasteiger partial charge is 0.275 e. The van der Waals surface area contributed by atoms with Gasteiger partial charge in [-0.15, -0.1) is 0 Å². The summed E-state index contributed by atoms with van der Waals surface area (Å²) < 4.78 is 13.4. The molecule has 0 atom stereocenters. The van der Waals surface area contributed by atoms with Crippen molar-refractivity contribution in [2.75, 3.05) is 25.2 Å². The first-order valence-electron chi connectivity index (χ1n) is 10.8. The third-order valence-corrected chi connectivity index (χ3v) is 5.37. The van der Waals surface area contributed by atoms with Crippen molar-refractivity contribution in [3.63, 3.8) is 0 Å². The van der Waals surface area contributed by atoms with E-state index in [0.29, 0.717) is 36.9 Å². The number of aromatic nitrogens is 1. The molecule has 6 heteroatoms. The molecule has 2 heterocycles. The summed E-state index contributed by atoms with van der Waals surface area (Å²) in [4.78, 5) is 28.7.